The number of benzene rings is 1. The molecule has 0 saturated heterocycles. The van der Waals surface area contributed by atoms with Gasteiger partial charge in [-0.1, -0.05) is 47.9 Å². The number of rotatable bonds is 9. The van der Waals surface area contributed by atoms with Crippen molar-refractivity contribution in [3.8, 4) is 5.69 Å². The molecule has 162 valence electrons. The minimum Gasteiger partial charge on any atom is -0.375 e. The van der Waals surface area contributed by atoms with E-state index in [9.17, 15) is 0 Å². The van der Waals surface area contributed by atoms with Crippen molar-refractivity contribution in [1.82, 2.24) is 35.7 Å². The molecule has 1 atom stereocenters. The van der Waals surface area contributed by atoms with Crippen LogP contribution in [0.1, 0.15) is 58.1 Å². The molecular formula is C20H28BrN7O2. The first-order chi connectivity index (χ1) is 14.2. The summed E-state index contributed by atoms with van der Waals surface area (Å²) in [4.78, 5) is 4.36. The average molecular weight is 478 g/mol. The lowest BCUT2D eigenvalue weighted by Gasteiger charge is -2.32. The van der Waals surface area contributed by atoms with E-state index < -0.39 is 5.54 Å². The first-order valence-corrected chi connectivity index (χ1v) is 10.6. The smallest absolute Gasteiger partial charge is 0.252 e. The third kappa shape index (κ3) is 5.71. The zero-order valence-corrected chi connectivity index (χ0v) is 19.6. The minimum atomic E-state index is -0.513. The molecule has 1 unspecified atom stereocenters. The van der Waals surface area contributed by atoms with Crippen molar-refractivity contribution in [3.05, 3.63) is 46.3 Å². The van der Waals surface area contributed by atoms with Crippen molar-refractivity contribution in [1.29, 1.82) is 0 Å². The maximum Gasteiger partial charge on any atom is 0.252 e. The molecule has 3 aromatic rings. The Kier molecular flexibility index (Phi) is 6.99. The molecule has 9 nitrogen and oxygen atoms in total. The largest absolute Gasteiger partial charge is 0.375 e. The number of tetrazole rings is 1. The Balaban J connectivity index is 1.89. The predicted molar refractivity (Wildman–Crippen MR) is 115 cm³/mol. The van der Waals surface area contributed by atoms with Gasteiger partial charge in [-0.2, -0.15) is 9.67 Å². The summed E-state index contributed by atoms with van der Waals surface area (Å²) in [5.41, 5.74) is 0.533. The van der Waals surface area contributed by atoms with Gasteiger partial charge in [-0.15, -0.1) is 5.10 Å². The van der Waals surface area contributed by atoms with Crippen LogP contribution >= 0.6 is 15.9 Å². The molecule has 0 aliphatic carbocycles. The SMILES string of the molecule is COCc1nc(CNC(C)(CCC(C)(C)C)c2nnnn2-c2cccc(Br)c2)no1. The third-order valence-corrected chi connectivity index (χ3v) is 5.30. The van der Waals surface area contributed by atoms with Gasteiger partial charge in [-0.3, -0.25) is 5.32 Å². The van der Waals surface area contributed by atoms with Gasteiger partial charge in [0.1, 0.15) is 6.61 Å². The molecule has 3 rings (SSSR count). The van der Waals surface area contributed by atoms with Crippen LogP contribution in [0.25, 0.3) is 5.69 Å². The van der Waals surface area contributed by atoms with Gasteiger partial charge in [0.15, 0.2) is 11.6 Å². The van der Waals surface area contributed by atoms with Gasteiger partial charge in [0.2, 0.25) is 0 Å². The molecule has 1 N–H and O–H groups in total. The highest BCUT2D eigenvalue weighted by molar-refractivity contribution is 9.10. The van der Waals surface area contributed by atoms with Crippen LogP contribution in [0.2, 0.25) is 0 Å². The molecule has 30 heavy (non-hydrogen) atoms. The number of nitrogens with zero attached hydrogens (tertiary/aromatic N) is 6. The van der Waals surface area contributed by atoms with E-state index in [1.165, 1.54) is 0 Å². The second-order valence-corrected chi connectivity index (χ2v) is 9.59. The van der Waals surface area contributed by atoms with Crippen LogP contribution in [0, 0.1) is 5.41 Å². The Hall–Kier alpha value is -2.17. The minimum absolute atomic E-state index is 0.161. The Labute approximate surface area is 184 Å². The third-order valence-electron chi connectivity index (χ3n) is 4.81. The van der Waals surface area contributed by atoms with Crippen LogP contribution < -0.4 is 5.32 Å². The maximum absolute atomic E-state index is 5.20. The molecular weight excluding hydrogens is 450 g/mol. The highest BCUT2D eigenvalue weighted by Crippen LogP contribution is 2.32. The zero-order valence-electron chi connectivity index (χ0n) is 18.0. The summed E-state index contributed by atoms with van der Waals surface area (Å²) in [6.07, 6.45) is 1.80. The molecule has 2 aromatic heterocycles. The molecule has 0 bridgehead atoms. The van der Waals surface area contributed by atoms with Crippen LogP contribution in [0.15, 0.2) is 33.3 Å². The average Bonchev–Trinajstić information content (AvgIpc) is 3.34. The van der Waals surface area contributed by atoms with Gasteiger partial charge in [-0.05, 0) is 53.8 Å². The van der Waals surface area contributed by atoms with Gasteiger partial charge in [-0.25, -0.2) is 0 Å². The van der Waals surface area contributed by atoms with Crippen molar-refractivity contribution >= 4 is 15.9 Å². The van der Waals surface area contributed by atoms with E-state index in [2.05, 4.69) is 74.6 Å². The maximum atomic E-state index is 5.20. The standard InChI is InChI=1S/C20H28BrN7O2/c1-19(2,3)9-10-20(4,22-12-16-23-17(13-29-5)30-25-16)18-24-26-27-28(18)15-8-6-7-14(21)11-15/h6-8,11,22H,9-10,12-13H2,1-5H3. The lowest BCUT2D eigenvalue weighted by molar-refractivity contribution is 0.151. The number of aromatic nitrogens is 6. The summed E-state index contributed by atoms with van der Waals surface area (Å²) < 4.78 is 13.0. The van der Waals surface area contributed by atoms with Crippen LogP contribution in [0.3, 0.4) is 0 Å². The van der Waals surface area contributed by atoms with E-state index in [4.69, 9.17) is 9.26 Å². The van der Waals surface area contributed by atoms with Crippen LogP contribution in [-0.4, -0.2) is 37.5 Å². The summed E-state index contributed by atoms with van der Waals surface area (Å²) in [6, 6.07) is 7.89. The highest BCUT2D eigenvalue weighted by atomic mass is 79.9. The fourth-order valence-corrected chi connectivity index (χ4v) is 3.42. The Morgan fingerprint density at radius 2 is 2.00 bits per heavy atom. The van der Waals surface area contributed by atoms with E-state index in [1.807, 2.05) is 24.3 Å². The number of ether oxygens (including phenoxy) is 1. The fraction of sp³-hybridized carbons (Fsp3) is 0.550. The first-order valence-electron chi connectivity index (χ1n) is 9.80. The quantitative estimate of drug-likeness (QED) is 0.496. The summed E-state index contributed by atoms with van der Waals surface area (Å²) in [6.45, 7) is 9.48. The molecule has 0 fully saturated rings. The lowest BCUT2D eigenvalue weighted by atomic mass is 9.83. The van der Waals surface area contributed by atoms with E-state index in [0.717, 1.165) is 28.8 Å². The fourth-order valence-electron chi connectivity index (χ4n) is 3.04. The van der Waals surface area contributed by atoms with Crippen LogP contribution in [0.4, 0.5) is 0 Å². The second kappa shape index (κ2) is 9.32. The van der Waals surface area contributed by atoms with Crippen LogP contribution in [-0.2, 0) is 23.4 Å². The molecule has 0 aliphatic heterocycles. The molecule has 0 radical (unpaired) electrons. The van der Waals surface area contributed by atoms with E-state index in [-0.39, 0.29) is 12.0 Å². The molecule has 0 spiro atoms. The molecule has 1 aromatic carbocycles. The summed E-state index contributed by atoms with van der Waals surface area (Å²) in [7, 11) is 1.59. The highest BCUT2D eigenvalue weighted by Gasteiger charge is 2.34. The van der Waals surface area contributed by atoms with E-state index in [1.54, 1.807) is 11.8 Å². The van der Waals surface area contributed by atoms with Gasteiger partial charge < -0.3 is 9.26 Å². The van der Waals surface area contributed by atoms with E-state index >= 15 is 0 Å². The van der Waals surface area contributed by atoms with Crippen molar-refractivity contribution in [2.45, 2.75) is 59.2 Å². The molecule has 0 amide bonds. The Morgan fingerprint density at radius 1 is 1.20 bits per heavy atom. The molecule has 0 saturated carbocycles. The second-order valence-electron chi connectivity index (χ2n) is 8.68. The summed E-state index contributed by atoms with van der Waals surface area (Å²) >= 11 is 3.52. The summed E-state index contributed by atoms with van der Waals surface area (Å²) in [5, 5.41) is 20.2. The number of hydrogen-bond donors (Lipinski definition) is 1. The topological polar surface area (TPSA) is 104 Å². The number of nitrogens with one attached hydrogen (secondary N) is 1. The number of methoxy groups -OCH3 is 1. The summed E-state index contributed by atoms with van der Waals surface area (Å²) in [5.74, 6) is 1.74. The number of hydrogen-bond acceptors (Lipinski definition) is 8. The van der Waals surface area contributed by atoms with E-state index in [0.29, 0.717) is 18.3 Å². The Morgan fingerprint density at radius 3 is 2.70 bits per heavy atom. The van der Waals surface area contributed by atoms with Crippen molar-refractivity contribution < 1.29 is 9.26 Å². The van der Waals surface area contributed by atoms with Gasteiger partial charge in [0, 0.05) is 11.6 Å². The van der Waals surface area contributed by atoms with Gasteiger partial charge in [0.25, 0.3) is 5.89 Å². The predicted octanol–water partition coefficient (Wildman–Crippen LogP) is 3.79. The zero-order chi connectivity index (χ0) is 21.8. The van der Waals surface area contributed by atoms with Crippen molar-refractivity contribution in [2.24, 2.45) is 5.41 Å². The lowest BCUT2D eigenvalue weighted by Crippen LogP contribution is -2.42. The molecule has 0 aliphatic rings. The van der Waals surface area contributed by atoms with Crippen molar-refractivity contribution in [3.63, 3.8) is 0 Å². The van der Waals surface area contributed by atoms with Gasteiger partial charge in [0.05, 0.1) is 17.8 Å². The number of halogens is 1. The van der Waals surface area contributed by atoms with Gasteiger partial charge >= 0.3 is 0 Å². The molecule has 2 heterocycles. The van der Waals surface area contributed by atoms with Crippen LogP contribution in [0.5, 0.6) is 0 Å². The monoisotopic (exact) mass is 477 g/mol. The Bertz CT molecular complexity index is 966. The van der Waals surface area contributed by atoms with Crippen molar-refractivity contribution in [2.75, 3.05) is 7.11 Å². The molecule has 10 heteroatoms. The first kappa shape index (κ1) is 22.5. The normalized spacial score (nSPS) is 14.1.